The Hall–Kier alpha value is -3.08. The van der Waals surface area contributed by atoms with Gasteiger partial charge in [0.25, 0.3) is 0 Å². The number of anilines is 5. The minimum absolute atomic E-state index is 0.647. The minimum Gasteiger partial charge on any atom is -0.372 e. The Bertz CT molecular complexity index is 977. The lowest BCUT2D eigenvalue weighted by Crippen LogP contribution is -2.17. The molecule has 2 aliphatic rings. The molecule has 1 aromatic heterocycles. The molecule has 0 unspecified atom stereocenters. The van der Waals surface area contributed by atoms with E-state index in [1.54, 1.807) is 0 Å². The topological polar surface area (TPSA) is 44.3 Å². The van der Waals surface area contributed by atoms with Crippen molar-refractivity contribution in [1.29, 1.82) is 0 Å². The minimum atomic E-state index is 0.647. The number of nitrogens with one attached hydrogen (secondary N) is 1. The van der Waals surface area contributed by atoms with Gasteiger partial charge in [-0.3, -0.25) is 0 Å². The first-order valence-electron chi connectivity index (χ1n) is 10.1. The highest BCUT2D eigenvalue weighted by atomic mass is 15.2. The average Bonchev–Trinajstić information content (AvgIpc) is 3.38. The van der Waals surface area contributed by atoms with Crippen molar-refractivity contribution in [2.45, 2.75) is 26.2 Å². The number of benzene rings is 2. The van der Waals surface area contributed by atoms with Gasteiger partial charge in [0.1, 0.15) is 5.82 Å². The highest BCUT2D eigenvalue weighted by Gasteiger charge is 2.21. The van der Waals surface area contributed by atoms with Crippen LogP contribution < -0.4 is 15.1 Å². The lowest BCUT2D eigenvalue weighted by Gasteiger charge is -2.20. The van der Waals surface area contributed by atoms with Crippen LogP contribution in [0.4, 0.5) is 28.8 Å². The molecular formula is C23H25N5. The Morgan fingerprint density at radius 1 is 0.893 bits per heavy atom. The van der Waals surface area contributed by atoms with Gasteiger partial charge in [0.15, 0.2) is 0 Å². The molecule has 2 aromatic carbocycles. The molecule has 0 spiro atoms. The number of nitrogens with zero attached hydrogens (tertiary/aromatic N) is 4. The lowest BCUT2D eigenvalue weighted by molar-refractivity contribution is 0.949. The van der Waals surface area contributed by atoms with Crippen LogP contribution in [0.1, 0.15) is 24.1 Å². The molecule has 1 N–H and O–H groups in total. The maximum absolute atomic E-state index is 4.80. The molecule has 5 heteroatoms. The smallest absolute Gasteiger partial charge is 0.229 e. The zero-order valence-electron chi connectivity index (χ0n) is 16.2. The van der Waals surface area contributed by atoms with E-state index >= 15 is 0 Å². The fourth-order valence-electron chi connectivity index (χ4n) is 4.18. The second kappa shape index (κ2) is 7.15. The highest BCUT2D eigenvalue weighted by molar-refractivity contribution is 5.69. The van der Waals surface area contributed by atoms with E-state index < -0.39 is 0 Å². The summed E-state index contributed by atoms with van der Waals surface area (Å²) in [5.41, 5.74) is 5.90. The Kier molecular flexibility index (Phi) is 4.35. The van der Waals surface area contributed by atoms with Crippen LogP contribution in [0.2, 0.25) is 0 Å². The third kappa shape index (κ3) is 3.28. The molecule has 1 saturated heterocycles. The third-order valence-corrected chi connectivity index (χ3v) is 5.60. The zero-order chi connectivity index (χ0) is 18.9. The fourth-order valence-corrected chi connectivity index (χ4v) is 4.18. The molecule has 2 aliphatic heterocycles. The predicted molar refractivity (Wildman–Crippen MR) is 115 cm³/mol. The molecule has 1 fully saturated rings. The number of rotatable bonds is 4. The van der Waals surface area contributed by atoms with Crippen molar-refractivity contribution in [3.63, 3.8) is 0 Å². The number of hydrogen-bond donors (Lipinski definition) is 1. The summed E-state index contributed by atoms with van der Waals surface area (Å²) in [6.45, 7) is 5.30. The summed E-state index contributed by atoms with van der Waals surface area (Å²) < 4.78 is 0. The summed E-state index contributed by atoms with van der Waals surface area (Å²) in [6, 6.07) is 19.2. The van der Waals surface area contributed by atoms with Gasteiger partial charge in [0.05, 0.1) is 0 Å². The van der Waals surface area contributed by atoms with E-state index in [0.29, 0.717) is 5.95 Å². The molecule has 3 aromatic rings. The van der Waals surface area contributed by atoms with Gasteiger partial charge >= 0.3 is 0 Å². The first-order valence-corrected chi connectivity index (χ1v) is 10.1. The van der Waals surface area contributed by atoms with Crippen LogP contribution in [0.15, 0.2) is 54.6 Å². The zero-order valence-corrected chi connectivity index (χ0v) is 16.2. The highest BCUT2D eigenvalue weighted by Crippen LogP contribution is 2.34. The lowest BCUT2D eigenvalue weighted by atomic mass is 10.2. The summed E-state index contributed by atoms with van der Waals surface area (Å²) in [7, 11) is 0. The summed E-state index contributed by atoms with van der Waals surface area (Å²) >= 11 is 0. The molecule has 3 heterocycles. The van der Waals surface area contributed by atoms with Crippen molar-refractivity contribution in [3.05, 3.63) is 65.9 Å². The van der Waals surface area contributed by atoms with Gasteiger partial charge in [0.2, 0.25) is 5.95 Å². The van der Waals surface area contributed by atoms with Crippen molar-refractivity contribution in [2.24, 2.45) is 0 Å². The van der Waals surface area contributed by atoms with Gasteiger partial charge in [-0.1, -0.05) is 18.2 Å². The maximum atomic E-state index is 4.80. The van der Waals surface area contributed by atoms with Gasteiger partial charge in [-0.25, -0.2) is 4.98 Å². The summed E-state index contributed by atoms with van der Waals surface area (Å²) in [4.78, 5) is 14.1. The summed E-state index contributed by atoms with van der Waals surface area (Å²) in [6.07, 6.45) is 3.64. The normalized spacial score (nSPS) is 15.8. The first kappa shape index (κ1) is 17.0. The first-order chi connectivity index (χ1) is 13.8. The molecular weight excluding hydrogens is 346 g/mol. The van der Waals surface area contributed by atoms with Crippen molar-refractivity contribution in [3.8, 4) is 0 Å². The van der Waals surface area contributed by atoms with Crippen LogP contribution >= 0.6 is 0 Å². The quantitative estimate of drug-likeness (QED) is 0.712. The fraction of sp³-hybridized carbons (Fsp3) is 0.304. The molecule has 28 heavy (non-hydrogen) atoms. The van der Waals surface area contributed by atoms with Crippen LogP contribution in [-0.2, 0) is 6.42 Å². The van der Waals surface area contributed by atoms with Gasteiger partial charge in [0, 0.05) is 48.5 Å². The molecule has 0 atom stereocenters. The van der Waals surface area contributed by atoms with Gasteiger partial charge in [-0.2, -0.15) is 4.98 Å². The Morgan fingerprint density at radius 2 is 1.68 bits per heavy atom. The molecule has 0 amide bonds. The molecule has 5 rings (SSSR count). The van der Waals surface area contributed by atoms with Crippen LogP contribution in [0.3, 0.4) is 0 Å². The molecule has 0 bridgehead atoms. The predicted octanol–water partition coefficient (Wildman–Crippen LogP) is 4.82. The molecule has 0 saturated carbocycles. The standard InChI is InChI=1S/C23H25N5/c1-17-16-22(28-15-12-18-6-2-3-7-21(18)28)26-23(24-17)25-19-8-10-20(11-9-19)27-13-4-5-14-27/h2-3,6-11,16H,4-5,12-15H2,1H3,(H,24,25,26). The second-order valence-electron chi connectivity index (χ2n) is 7.59. The van der Waals surface area contributed by atoms with Crippen molar-refractivity contribution in [2.75, 3.05) is 34.8 Å². The van der Waals surface area contributed by atoms with Gasteiger partial charge in [-0.05, 0) is 62.1 Å². The SMILES string of the molecule is Cc1cc(N2CCc3ccccc32)nc(Nc2ccc(N3CCCC3)cc2)n1. The van der Waals surface area contributed by atoms with Gasteiger partial charge < -0.3 is 15.1 Å². The van der Waals surface area contributed by atoms with E-state index in [9.17, 15) is 0 Å². The largest absolute Gasteiger partial charge is 0.372 e. The maximum Gasteiger partial charge on any atom is 0.229 e. The number of hydrogen-bond acceptors (Lipinski definition) is 5. The van der Waals surface area contributed by atoms with E-state index in [0.717, 1.165) is 43.3 Å². The average molecular weight is 371 g/mol. The van der Waals surface area contributed by atoms with E-state index in [1.807, 2.05) is 6.92 Å². The molecule has 0 aliphatic carbocycles. The Balaban J connectivity index is 1.38. The van der Waals surface area contributed by atoms with Crippen LogP contribution in [-0.4, -0.2) is 29.6 Å². The van der Waals surface area contributed by atoms with E-state index in [1.165, 1.54) is 29.8 Å². The summed E-state index contributed by atoms with van der Waals surface area (Å²) in [5, 5.41) is 3.38. The number of aryl methyl sites for hydroxylation is 1. The van der Waals surface area contributed by atoms with Crippen LogP contribution in [0.5, 0.6) is 0 Å². The molecule has 142 valence electrons. The van der Waals surface area contributed by atoms with Crippen LogP contribution in [0.25, 0.3) is 0 Å². The van der Waals surface area contributed by atoms with E-state index in [2.05, 4.69) is 74.7 Å². The molecule has 0 radical (unpaired) electrons. The monoisotopic (exact) mass is 371 g/mol. The van der Waals surface area contributed by atoms with Crippen molar-refractivity contribution >= 4 is 28.8 Å². The summed E-state index contributed by atoms with van der Waals surface area (Å²) in [5.74, 6) is 1.60. The second-order valence-corrected chi connectivity index (χ2v) is 7.59. The van der Waals surface area contributed by atoms with Crippen molar-refractivity contribution < 1.29 is 0 Å². The Labute approximate surface area is 166 Å². The Morgan fingerprint density at radius 3 is 2.50 bits per heavy atom. The molecule has 5 nitrogen and oxygen atoms in total. The van der Waals surface area contributed by atoms with Crippen LogP contribution in [0, 0.1) is 6.92 Å². The number of aromatic nitrogens is 2. The van der Waals surface area contributed by atoms with Gasteiger partial charge in [-0.15, -0.1) is 0 Å². The van der Waals surface area contributed by atoms with Crippen molar-refractivity contribution in [1.82, 2.24) is 9.97 Å². The number of para-hydroxylation sites is 1. The van der Waals surface area contributed by atoms with E-state index in [4.69, 9.17) is 4.98 Å². The number of fused-ring (bicyclic) bond motifs is 1. The van der Waals surface area contributed by atoms with E-state index in [-0.39, 0.29) is 0 Å². The third-order valence-electron chi connectivity index (χ3n) is 5.60.